The Labute approximate surface area is 92.3 Å². The summed E-state index contributed by atoms with van der Waals surface area (Å²) in [4.78, 5) is 0. The zero-order chi connectivity index (χ0) is 11.5. The molecule has 4 nitrogen and oxygen atoms in total. The van der Waals surface area contributed by atoms with Crippen LogP contribution in [0.3, 0.4) is 0 Å². The summed E-state index contributed by atoms with van der Waals surface area (Å²) in [6.07, 6.45) is 2.13. The highest BCUT2D eigenvalue weighted by Gasteiger charge is 2.04. The SMILES string of the molecule is Cc1ccc(-n2cc(CCO)nn2)cc1F. The van der Waals surface area contributed by atoms with E-state index in [2.05, 4.69) is 10.3 Å². The van der Waals surface area contributed by atoms with Crippen molar-refractivity contribution in [2.24, 2.45) is 0 Å². The van der Waals surface area contributed by atoms with Crippen LogP contribution in [-0.2, 0) is 6.42 Å². The van der Waals surface area contributed by atoms with Gasteiger partial charge < -0.3 is 5.11 Å². The smallest absolute Gasteiger partial charge is 0.128 e. The normalized spacial score (nSPS) is 10.7. The minimum atomic E-state index is -0.267. The molecule has 0 aliphatic rings. The van der Waals surface area contributed by atoms with Gasteiger partial charge in [-0.15, -0.1) is 5.10 Å². The molecule has 1 N–H and O–H groups in total. The minimum Gasteiger partial charge on any atom is -0.396 e. The average Bonchev–Trinajstić information content (AvgIpc) is 2.71. The first-order valence-corrected chi connectivity index (χ1v) is 4.99. The molecule has 0 aliphatic carbocycles. The monoisotopic (exact) mass is 221 g/mol. The Hall–Kier alpha value is -1.75. The van der Waals surface area contributed by atoms with Crippen molar-refractivity contribution in [3.63, 3.8) is 0 Å². The summed E-state index contributed by atoms with van der Waals surface area (Å²) in [5.41, 5.74) is 1.91. The van der Waals surface area contributed by atoms with E-state index in [1.165, 1.54) is 10.7 Å². The summed E-state index contributed by atoms with van der Waals surface area (Å²) in [6, 6.07) is 4.88. The predicted molar refractivity (Wildman–Crippen MR) is 56.8 cm³/mol. The van der Waals surface area contributed by atoms with Gasteiger partial charge in [0.15, 0.2) is 0 Å². The Morgan fingerprint density at radius 1 is 1.44 bits per heavy atom. The van der Waals surface area contributed by atoms with Gasteiger partial charge in [0.1, 0.15) is 5.82 Å². The number of aliphatic hydroxyl groups excluding tert-OH is 1. The van der Waals surface area contributed by atoms with Gasteiger partial charge in [0.2, 0.25) is 0 Å². The maximum Gasteiger partial charge on any atom is 0.128 e. The molecule has 0 saturated heterocycles. The molecule has 0 saturated carbocycles. The Bertz CT molecular complexity index is 496. The largest absolute Gasteiger partial charge is 0.396 e. The van der Waals surface area contributed by atoms with Crippen LogP contribution < -0.4 is 0 Å². The van der Waals surface area contributed by atoms with Gasteiger partial charge in [-0.1, -0.05) is 11.3 Å². The van der Waals surface area contributed by atoms with Crippen molar-refractivity contribution in [2.75, 3.05) is 6.61 Å². The van der Waals surface area contributed by atoms with Gasteiger partial charge in [0, 0.05) is 13.0 Å². The van der Waals surface area contributed by atoms with Crippen LogP contribution in [0.2, 0.25) is 0 Å². The minimum absolute atomic E-state index is 0.0287. The number of aliphatic hydroxyl groups is 1. The molecule has 0 aliphatic heterocycles. The zero-order valence-electron chi connectivity index (χ0n) is 8.89. The Morgan fingerprint density at radius 2 is 2.25 bits per heavy atom. The summed E-state index contributed by atoms with van der Waals surface area (Å²) in [7, 11) is 0. The molecule has 0 atom stereocenters. The lowest BCUT2D eigenvalue weighted by Gasteiger charge is -2.01. The number of hydrogen-bond acceptors (Lipinski definition) is 3. The second kappa shape index (κ2) is 4.40. The van der Waals surface area contributed by atoms with E-state index in [1.54, 1.807) is 25.3 Å². The summed E-state index contributed by atoms with van der Waals surface area (Å²) >= 11 is 0. The third-order valence-corrected chi connectivity index (χ3v) is 2.33. The zero-order valence-corrected chi connectivity index (χ0v) is 8.89. The first-order valence-electron chi connectivity index (χ1n) is 4.99. The molecule has 5 heteroatoms. The lowest BCUT2D eigenvalue weighted by Crippen LogP contribution is -1.96. The first kappa shape index (κ1) is 10.8. The molecule has 1 heterocycles. The van der Waals surface area contributed by atoms with E-state index in [0.29, 0.717) is 23.4 Å². The van der Waals surface area contributed by atoms with Crippen LogP contribution in [0.4, 0.5) is 4.39 Å². The molecule has 1 aromatic heterocycles. The predicted octanol–water partition coefficient (Wildman–Crippen LogP) is 1.25. The summed E-state index contributed by atoms with van der Waals surface area (Å²) in [6.45, 7) is 1.73. The molecule has 0 unspecified atom stereocenters. The number of aryl methyl sites for hydroxylation is 1. The van der Waals surface area contributed by atoms with Crippen LogP contribution in [-0.4, -0.2) is 26.7 Å². The lowest BCUT2D eigenvalue weighted by atomic mass is 10.2. The van der Waals surface area contributed by atoms with Crippen molar-refractivity contribution in [2.45, 2.75) is 13.3 Å². The maximum absolute atomic E-state index is 13.3. The van der Waals surface area contributed by atoms with Crippen molar-refractivity contribution in [1.29, 1.82) is 0 Å². The Morgan fingerprint density at radius 3 is 2.94 bits per heavy atom. The quantitative estimate of drug-likeness (QED) is 0.848. The molecular formula is C11H12FN3O. The molecule has 2 rings (SSSR count). The van der Waals surface area contributed by atoms with Crippen molar-refractivity contribution >= 4 is 0 Å². The van der Waals surface area contributed by atoms with Gasteiger partial charge in [-0.25, -0.2) is 9.07 Å². The fourth-order valence-corrected chi connectivity index (χ4v) is 1.38. The summed E-state index contributed by atoms with van der Waals surface area (Å²) in [5.74, 6) is -0.267. The highest BCUT2D eigenvalue weighted by Crippen LogP contribution is 2.12. The van der Waals surface area contributed by atoms with Crippen LogP contribution in [0.1, 0.15) is 11.3 Å². The Balaban J connectivity index is 2.31. The van der Waals surface area contributed by atoms with Crippen LogP contribution in [0.5, 0.6) is 0 Å². The van der Waals surface area contributed by atoms with E-state index in [1.807, 2.05) is 0 Å². The van der Waals surface area contributed by atoms with Crippen molar-refractivity contribution < 1.29 is 9.50 Å². The molecule has 1 aromatic carbocycles. The van der Waals surface area contributed by atoms with Crippen LogP contribution in [0.25, 0.3) is 5.69 Å². The molecule has 0 radical (unpaired) electrons. The lowest BCUT2D eigenvalue weighted by molar-refractivity contribution is 0.298. The maximum atomic E-state index is 13.3. The summed E-state index contributed by atoms with van der Waals surface area (Å²) < 4.78 is 14.8. The van der Waals surface area contributed by atoms with Gasteiger partial charge in [0.25, 0.3) is 0 Å². The van der Waals surface area contributed by atoms with Crippen LogP contribution in [0.15, 0.2) is 24.4 Å². The van der Waals surface area contributed by atoms with E-state index in [4.69, 9.17) is 5.11 Å². The topological polar surface area (TPSA) is 50.9 Å². The number of halogens is 1. The standard InChI is InChI=1S/C11H12FN3O/c1-8-2-3-10(6-11(8)12)15-7-9(4-5-16)13-14-15/h2-3,6-7,16H,4-5H2,1H3. The van der Waals surface area contributed by atoms with Gasteiger partial charge in [-0.3, -0.25) is 0 Å². The molecule has 0 fully saturated rings. The third-order valence-electron chi connectivity index (χ3n) is 2.33. The second-order valence-corrected chi connectivity index (χ2v) is 3.56. The number of aromatic nitrogens is 3. The van der Waals surface area contributed by atoms with Crippen molar-refractivity contribution in [1.82, 2.24) is 15.0 Å². The van der Waals surface area contributed by atoms with Crippen LogP contribution in [0, 0.1) is 12.7 Å². The molecule has 0 spiro atoms. The third kappa shape index (κ3) is 2.09. The molecule has 16 heavy (non-hydrogen) atoms. The number of benzene rings is 1. The molecule has 2 aromatic rings. The summed E-state index contributed by atoms with van der Waals surface area (Å²) in [5, 5.41) is 16.5. The highest BCUT2D eigenvalue weighted by atomic mass is 19.1. The fraction of sp³-hybridized carbons (Fsp3) is 0.273. The number of hydrogen-bond donors (Lipinski definition) is 1. The number of rotatable bonds is 3. The van der Waals surface area contributed by atoms with Crippen LogP contribution >= 0.6 is 0 Å². The van der Waals surface area contributed by atoms with Crippen molar-refractivity contribution in [3.05, 3.63) is 41.5 Å². The van der Waals surface area contributed by atoms with Gasteiger partial charge >= 0.3 is 0 Å². The van der Waals surface area contributed by atoms with Gasteiger partial charge in [-0.2, -0.15) is 0 Å². The van der Waals surface area contributed by atoms with Gasteiger partial charge in [-0.05, 0) is 24.6 Å². The molecule has 0 bridgehead atoms. The van der Waals surface area contributed by atoms with Gasteiger partial charge in [0.05, 0.1) is 17.6 Å². The molecule has 84 valence electrons. The van der Waals surface area contributed by atoms with E-state index in [0.717, 1.165) is 0 Å². The van der Waals surface area contributed by atoms with E-state index in [-0.39, 0.29) is 12.4 Å². The molecular weight excluding hydrogens is 209 g/mol. The highest BCUT2D eigenvalue weighted by molar-refractivity contribution is 5.34. The van der Waals surface area contributed by atoms with Crippen molar-refractivity contribution in [3.8, 4) is 5.69 Å². The second-order valence-electron chi connectivity index (χ2n) is 3.56. The van der Waals surface area contributed by atoms with E-state index >= 15 is 0 Å². The number of nitrogens with zero attached hydrogens (tertiary/aromatic N) is 3. The van der Waals surface area contributed by atoms with E-state index in [9.17, 15) is 4.39 Å². The van der Waals surface area contributed by atoms with E-state index < -0.39 is 0 Å². The average molecular weight is 221 g/mol. The molecule has 0 amide bonds. The fourth-order valence-electron chi connectivity index (χ4n) is 1.38. The first-order chi connectivity index (χ1) is 7.70. The Kier molecular flexibility index (Phi) is 2.96.